The summed E-state index contributed by atoms with van der Waals surface area (Å²) in [5.41, 5.74) is 2.17. The Hall–Kier alpha value is -2.20. The number of carbonyl (C=O) groups excluding carboxylic acids is 1. The van der Waals surface area contributed by atoms with Crippen LogP contribution in [-0.2, 0) is 17.8 Å². The predicted octanol–water partition coefficient (Wildman–Crippen LogP) is 3.40. The molecule has 0 heterocycles. The minimum atomic E-state index is -0.242. The number of likely N-dealkylation sites (N-methyl/N-ethyl adjacent to an activating group) is 1. The van der Waals surface area contributed by atoms with Gasteiger partial charge in [0.05, 0.1) is 6.54 Å². The Kier molecular flexibility index (Phi) is 7.43. The summed E-state index contributed by atoms with van der Waals surface area (Å²) in [5.74, 6) is -0.227. The van der Waals surface area contributed by atoms with E-state index < -0.39 is 0 Å². The van der Waals surface area contributed by atoms with E-state index in [-0.39, 0.29) is 11.7 Å². The van der Waals surface area contributed by atoms with Gasteiger partial charge >= 0.3 is 0 Å². The number of benzene rings is 2. The van der Waals surface area contributed by atoms with Crippen LogP contribution in [0.15, 0.2) is 54.6 Å². The zero-order valence-corrected chi connectivity index (χ0v) is 14.2. The zero-order valence-electron chi connectivity index (χ0n) is 14.2. The molecule has 0 atom stereocenters. The third kappa shape index (κ3) is 6.50. The third-order valence-corrected chi connectivity index (χ3v) is 3.92. The van der Waals surface area contributed by atoms with E-state index in [1.54, 1.807) is 6.07 Å². The van der Waals surface area contributed by atoms with Crippen LogP contribution < -0.4 is 5.32 Å². The van der Waals surface area contributed by atoms with E-state index in [1.165, 1.54) is 17.7 Å². The molecule has 0 aliphatic carbocycles. The maximum Gasteiger partial charge on any atom is 0.234 e. The SMILES string of the molecule is CCN(CC(=O)NCCCc1ccccc1)Cc1cccc(F)c1. The maximum atomic E-state index is 13.2. The summed E-state index contributed by atoms with van der Waals surface area (Å²) >= 11 is 0. The van der Waals surface area contributed by atoms with Crippen molar-refractivity contribution in [3.63, 3.8) is 0 Å². The summed E-state index contributed by atoms with van der Waals surface area (Å²) in [7, 11) is 0. The smallest absolute Gasteiger partial charge is 0.234 e. The van der Waals surface area contributed by atoms with Crippen LogP contribution in [0.3, 0.4) is 0 Å². The lowest BCUT2D eigenvalue weighted by molar-refractivity contribution is -0.122. The highest BCUT2D eigenvalue weighted by molar-refractivity contribution is 5.77. The molecular formula is C20H25FN2O. The Labute approximate surface area is 143 Å². The largest absolute Gasteiger partial charge is 0.355 e. The molecule has 3 nitrogen and oxygen atoms in total. The van der Waals surface area contributed by atoms with Gasteiger partial charge in [-0.25, -0.2) is 4.39 Å². The molecule has 2 rings (SSSR count). The number of carbonyl (C=O) groups is 1. The van der Waals surface area contributed by atoms with Gasteiger partial charge in [0.2, 0.25) is 5.91 Å². The molecule has 2 aromatic rings. The van der Waals surface area contributed by atoms with Crippen LogP contribution in [-0.4, -0.2) is 30.4 Å². The molecule has 24 heavy (non-hydrogen) atoms. The van der Waals surface area contributed by atoms with Gasteiger partial charge in [0.1, 0.15) is 5.82 Å². The summed E-state index contributed by atoms with van der Waals surface area (Å²) < 4.78 is 13.2. The first-order chi connectivity index (χ1) is 11.7. The monoisotopic (exact) mass is 328 g/mol. The van der Waals surface area contributed by atoms with Crippen LogP contribution in [0.4, 0.5) is 4.39 Å². The molecule has 1 amide bonds. The van der Waals surface area contributed by atoms with Gasteiger partial charge in [0.25, 0.3) is 0 Å². The first-order valence-electron chi connectivity index (χ1n) is 8.45. The molecule has 4 heteroatoms. The van der Waals surface area contributed by atoms with Gasteiger partial charge in [-0.1, -0.05) is 49.4 Å². The highest BCUT2D eigenvalue weighted by Gasteiger charge is 2.09. The van der Waals surface area contributed by atoms with Gasteiger partial charge in [-0.15, -0.1) is 0 Å². The number of aryl methyl sites for hydroxylation is 1. The van der Waals surface area contributed by atoms with Crippen molar-refractivity contribution >= 4 is 5.91 Å². The molecule has 0 spiro atoms. The quantitative estimate of drug-likeness (QED) is 0.716. The van der Waals surface area contributed by atoms with Crippen LogP contribution in [0.2, 0.25) is 0 Å². The van der Waals surface area contributed by atoms with E-state index in [0.717, 1.165) is 24.9 Å². The topological polar surface area (TPSA) is 32.3 Å². The Balaban J connectivity index is 1.69. The number of hydrogen-bond donors (Lipinski definition) is 1. The van der Waals surface area contributed by atoms with Crippen molar-refractivity contribution in [3.8, 4) is 0 Å². The van der Waals surface area contributed by atoms with Gasteiger partial charge in [0.15, 0.2) is 0 Å². The lowest BCUT2D eigenvalue weighted by Crippen LogP contribution is -2.37. The van der Waals surface area contributed by atoms with Crippen molar-refractivity contribution in [1.82, 2.24) is 10.2 Å². The molecule has 0 aliphatic heterocycles. The molecule has 0 radical (unpaired) electrons. The van der Waals surface area contributed by atoms with Crippen LogP contribution in [0, 0.1) is 5.82 Å². The fourth-order valence-electron chi connectivity index (χ4n) is 2.60. The molecule has 0 bridgehead atoms. The Morgan fingerprint density at radius 1 is 1.08 bits per heavy atom. The Morgan fingerprint density at radius 2 is 1.83 bits per heavy atom. The third-order valence-electron chi connectivity index (χ3n) is 3.92. The van der Waals surface area contributed by atoms with E-state index >= 15 is 0 Å². The summed E-state index contributed by atoms with van der Waals surface area (Å²) in [5, 5.41) is 2.96. The van der Waals surface area contributed by atoms with Gasteiger partial charge in [-0.3, -0.25) is 9.69 Å². The van der Waals surface area contributed by atoms with Crippen molar-refractivity contribution in [1.29, 1.82) is 0 Å². The number of nitrogens with zero attached hydrogens (tertiary/aromatic N) is 1. The molecule has 128 valence electrons. The summed E-state index contributed by atoms with van der Waals surface area (Å²) in [6.45, 7) is 4.32. The van der Waals surface area contributed by atoms with Crippen molar-refractivity contribution in [2.75, 3.05) is 19.6 Å². The number of amides is 1. The molecule has 0 saturated carbocycles. The van der Waals surface area contributed by atoms with Crippen molar-refractivity contribution in [3.05, 3.63) is 71.5 Å². The highest BCUT2D eigenvalue weighted by atomic mass is 19.1. The Morgan fingerprint density at radius 3 is 2.54 bits per heavy atom. The molecule has 0 fully saturated rings. The second kappa shape index (κ2) is 9.83. The molecule has 0 unspecified atom stereocenters. The minimum absolute atomic E-state index is 0.0151. The van der Waals surface area contributed by atoms with Crippen molar-refractivity contribution in [2.24, 2.45) is 0 Å². The lowest BCUT2D eigenvalue weighted by atomic mass is 10.1. The van der Waals surface area contributed by atoms with E-state index in [4.69, 9.17) is 0 Å². The second-order valence-electron chi connectivity index (χ2n) is 5.87. The summed E-state index contributed by atoms with van der Waals surface area (Å²) in [6.07, 6.45) is 1.88. The predicted molar refractivity (Wildman–Crippen MR) is 95.1 cm³/mol. The fourth-order valence-corrected chi connectivity index (χ4v) is 2.60. The van der Waals surface area contributed by atoms with Crippen LogP contribution in [0.1, 0.15) is 24.5 Å². The van der Waals surface area contributed by atoms with Crippen molar-refractivity contribution in [2.45, 2.75) is 26.3 Å². The van der Waals surface area contributed by atoms with E-state index in [1.807, 2.05) is 36.1 Å². The molecule has 2 aromatic carbocycles. The minimum Gasteiger partial charge on any atom is -0.355 e. The van der Waals surface area contributed by atoms with Gasteiger partial charge in [-0.2, -0.15) is 0 Å². The van der Waals surface area contributed by atoms with Gasteiger partial charge in [-0.05, 0) is 42.6 Å². The zero-order chi connectivity index (χ0) is 17.2. The lowest BCUT2D eigenvalue weighted by Gasteiger charge is -2.20. The first kappa shape index (κ1) is 18.1. The van der Waals surface area contributed by atoms with E-state index in [0.29, 0.717) is 19.6 Å². The van der Waals surface area contributed by atoms with Gasteiger partial charge in [0, 0.05) is 13.1 Å². The second-order valence-corrected chi connectivity index (χ2v) is 5.87. The molecular weight excluding hydrogens is 303 g/mol. The number of nitrogens with one attached hydrogen (secondary N) is 1. The number of hydrogen-bond acceptors (Lipinski definition) is 2. The maximum absolute atomic E-state index is 13.2. The normalized spacial score (nSPS) is 10.8. The number of halogens is 1. The average molecular weight is 328 g/mol. The average Bonchev–Trinajstić information content (AvgIpc) is 2.59. The van der Waals surface area contributed by atoms with Crippen LogP contribution in [0.5, 0.6) is 0 Å². The molecule has 1 N–H and O–H groups in total. The van der Waals surface area contributed by atoms with E-state index in [2.05, 4.69) is 17.4 Å². The molecule has 0 saturated heterocycles. The first-order valence-corrected chi connectivity index (χ1v) is 8.45. The molecule has 0 aliphatic rings. The fraction of sp³-hybridized carbons (Fsp3) is 0.350. The van der Waals surface area contributed by atoms with Gasteiger partial charge < -0.3 is 5.32 Å². The summed E-state index contributed by atoms with van der Waals surface area (Å²) in [4.78, 5) is 14.1. The van der Waals surface area contributed by atoms with Crippen molar-refractivity contribution < 1.29 is 9.18 Å². The summed E-state index contributed by atoms with van der Waals surface area (Å²) in [6, 6.07) is 16.8. The highest BCUT2D eigenvalue weighted by Crippen LogP contribution is 2.07. The Bertz CT molecular complexity index is 631. The standard InChI is InChI=1S/C20H25FN2O/c1-2-23(15-18-10-6-12-19(21)14-18)16-20(24)22-13-7-11-17-8-4-3-5-9-17/h3-6,8-10,12,14H,2,7,11,13,15-16H2,1H3,(H,22,24). The van der Waals surface area contributed by atoms with Crippen LogP contribution >= 0.6 is 0 Å². The number of rotatable bonds is 9. The van der Waals surface area contributed by atoms with E-state index in [9.17, 15) is 9.18 Å². The molecule has 0 aromatic heterocycles. The van der Waals surface area contributed by atoms with Crippen LogP contribution in [0.25, 0.3) is 0 Å².